The lowest BCUT2D eigenvalue weighted by molar-refractivity contribution is 0.0736. The van der Waals surface area contributed by atoms with Crippen molar-refractivity contribution in [3.63, 3.8) is 0 Å². The summed E-state index contributed by atoms with van der Waals surface area (Å²) in [4.78, 5) is 14.4. The first-order valence-corrected chi connectivity index (χ1v) is 7.06. The van der Waals surface area contributed by atoms with Crippen LogP contribution in [0.5, 0.6) is 0 Å². The maximum atomic E-state index is 14.1. The Morgan fingerprint density at radius 1 is 1.45 bits per heavy atom. The van der Waals surface area contributed by atoms with Gasteiger partial charge in [0.25, 0.3) is 5.91 Å². The van der Waals surface area contributed by atoms with Crippen molar-refractivity contribution in [1.82, 2.24) is 4.90 Å². The number of hydrogen-bond acceptors (Lipinski definition) is 2. The number of benzene rings is 1. The zero-order valence-electron chi connectivity index (χ0n) is 12.1. The first-order valence-electron chi connectivity index (χ1n) is 6.65. The van der Waals surface area contributed by atoms with Gasteiger partial charge in [0.2, 0.25) is 0 Å². The van der Waals surface area contributed by atoms with Crippen LogP contribution in [0.3, 0.4) is 0 Å². The quantitative estimate of drug-likeness (QED) is 0.821. The van der Waals surface area contributed by atoms with Crippen molar-refractivity contribution in [2.75, 3.05) is 13.1 Å². The maximum absolute atomic E-state index is 14.1. The Hall–Kier alpha value is -1.49. The molecule has 0 spiro atoms. The van der Waals surface area contributed by atoms with Crippen molar-refractivity contribution in [3.05, 3.63) is 35.1 Å². The van der Waals surface area contributed by atoms with E-state index in [2.05, 4.69) is 0 Å². The largest absolute Gasteiger partial charge is 0.393 e. The Morgan fingerprint density at radius 2 is 2.10 bits per heavy atom. The molecule has 0 saturated heterocycles. The molecule has 0 aliphatic heterocycles. The first-order chi connectivity index (χ1) is 9.32. The molecule has 20 heavy (non-hydrogen) atoms. The van der Waals surface area contributed by atoms with Gasteiger partial charge in [-0.1, -0.05) is 38.2 Å². The van der Waals surface area contributed by atoms with E-state index < -0.39 is 5.82 Å². The van der Waals surface area contributed by atoms with Crippen molar-refractivity contribution in [3.8, 4) is 0 Å². The van der Waals surface area contributed by atoms with Crippen molar-refractivity contribution in [1.29, 1.82) is 0 Å². The number of nitrogens with two attached hydrogens (primary N) is 1. The fourth-order valence-corrected chi connectivity index (χ4v) is 2.04. The summed E-state index contributed by atoms with van der Waals surface area (Å²) < 4.78 is 14.1. The molecule has 0 radical (unpaired) electrons. The van der Waals surface area contributed by atoms with Crippen LogP contribution in [0, 0.1) is 18.7 Å². The smallest absolute Gasteiger partial charge is 0.256 e. The molecule has 110 valence electrons. The highest BCUT2D eigenvalue weighted by molar-refractivity contribution is 7.80. The Kier molecular flexibility index (Phi) is 6.07. The molecule has 0 fully saturated rings. The minimum absolute atomic E-state index is 0.105. The van der Waals surface area contributed by atoms with E-state index >= 15 is 0 Å². The first kappa shape index (κ1) is 16.6. The fraction of sp³-hybridized carbons (Fsp3) is 0.467. The Labute approximate surface area is 125 Å². The second kappa shape index (κ2) is 7.33. The molecule has 0 atom stereocenters. The van der Waals surface area contributed by atoms with Crippen LogP contribution in [0.1, 0.15) is 36.2 Å². The molecule has 0 saturated carbocycles. The molecule has 1 amide bonds. The fourth-order valence-electron chi connectivity index (χ4n) is 1.94. The van der Waals surface area contributed by atoms with Crippen LogP contribution in [0.15, 0.2) is 18.2 Å². The van der Waals surface area contributed by atoms with E-state index in [1.807, 2.05) is 13.8 Å². The number of carbonyl (C=O) groups is 1. The van der Waals surface area contributed by atoms with Crippen molar-refractivity contribution in [2.45, 2.75) is 27.2 Å². The van der Waals surface area contributed by atoms with E-state index in [4.69, 9.17) is 18.0 Å². The second-order valence-corrected chi connectivity index (χ2v) is 5.82. The number of carbonyl (C=O) groups excluding carboxylic acids is 1. The number of nitrogens with zero attached hydrogens (tertiary/aromatic N) is 1. The van der Waals surface area contributed by atoms with Gasteiger partial charge in [-0.25, -0.2) is 4.39 Å². The lowest BCUT2D eigenvalue weighted by Gasteiger charge is -2.25. The molecule has 0 aromatic heterocycles. The standard InChI is InChI=1S/C15H21FN2OS/c1-10(2)9-18(8-7-13(17)20)15(19)12-6-4-5-11(3)14(12)16/h4-6,10H,7-9H2,1-3H3,(H2,17,20). The van der Waals surface area contributed by atoms with Gasteiger partial charge in [-0.3, -0.25) is 4.79 Å². The summed E-state index contributed by atoms with van der Waals surface area (Å²) in [5, 5.41) is 0. The molecule has 5 heteroatoms. The minimum Gasteiger partial charge on any atom is -0.393 e. The van der Waals surface area contributed by atoms with Gasteiger partial charge >= 0.3 is 0 Å². The zero-order chi connectivity index (χ0) is 15.3. The number of amides is 1. The van der Waals surface area contributed by atoms with Crippen molar-refractivity contribution < 1.29 is 9.18 Å². The Bertz CT molecular complexity index is 503. The molecule has 1 rings (SSSR count). The predicted octanol–water partition coefficient (Wildman–Crippen LogP) is 2.91. The lowest BCUT2D eigenvalue weighted by atomic mass is 10.1. The van der Waals surface area contributed by atoms with Crippen LogP contribution in [0.4, 0.5) is 4.39 Å². The summed E-state index contributed by atoms with van der Waals surface area (Å²) in [5.74, 6) is -0.476. The van der Waals surface area contributed by atoms with Crippen LogP contribution in [-0.2, 0) is 0 Å². The third-order valence-electron chi connectivity index (χ3n) is 2.92. The molecule has 0 heterocycles. The summed E-state index contributed by atoms with van der Waals surface area (Å²) in [6, 6.07) is 4.85. The Balaban J connectivity index is 2.96. The number of halogens is 1. The average Bonchev–Trinajstić information content (AvgIpc) is 2.36. The highest BCUT2D eigenvalue weighted by atomic mass is 32.1. The van der Waals surface area contributed by atoms with E-state index in [1.54, 1.807) is 24.0 Å². The van der Waals surface area contributed by atoms with Gasteiger partial charge in [-0.2, -0.15) is 0 Å². The molecule has 0 aliphatic carbocycles. The van der Waals surface area contributed by atoms with Gasteiger partial charge in [0.1, 0.15) is 5.82 Å². The number of hydrogen-bond donors (Lipinski definition) is 1. The molecular formula is C15H21FN2OS. The molecule has 2 N–H and O–H groups in total. The van der Waals surface area contributed by atoms with Gasteiger partial charge in [-0.05, 0) is 24.5 Å². The summed E-state index contributed by atoms with van der Waals surface area (Å²) >= 11 is 4.84. The van der Waals surface area contributed by atoms with Gasteiger partial charge in [0.15, 0.2) is 0 Å². The van der Waals surface area contributed by atoms with Crippen molar-refractivity contribution in [2.24, 2.45) is 11.7 Å². The van der Waals surface area contributed by atoms with E-state index in [-0.39, 0.29) is 17.4 Å². The molecule has 0 unspecified atom stereocenters. The highest BCUT2D eigenvalue weighted by Crippen LogP contribution is 2.15. The van der Waals surface area contributed by atoms with E-state index in [0.717, 1.165) is 0 Å². The van der Waals surface area contributed by atoms with Crippen molar-refractivity contribution >= 4 is 23.1 Å². The van der Waals surface area contributed by atoms with Gasteiger partial charge in [-0.15, -0.1) is 0 Å². The van der Waals surface area contributed by atoms with Gasteiger partial charge in [0, 0.05) is 19.5 Å². The lowest BCUT2D eigenvalue weighted by Crippen LogP contribution is -2.37. The molecular weight excluding hydrogens is 275 g/mol. The number of thiocarbonyl (C=S) groups is 1. The summed E-state index contributed by atoms with van der Waals surface area (Å²) in [6.07, 6.45) is 0.446. The number of aryl methyl sites for hydroxylation is 1. The van der Waals surface area contributed by atoms with Crippen LogP contribution in [0.2, 0.25) is 0 Å². The third-order valence-corrected chi connectivity index (χ3v) is 3.13. The topological polar surface area (TPSA) is 46.3 Å². The van der Waals surface area contributed by atoms with E-state index in [1.165, 1.54) is 6.07 Å². The van der Waals surface area contributed by atoms with Crippen LogP contribution in [0.25, 0.3) is 0 Å². The molecule has 3 nitrogen and oxygen atoms in total. The molecule has 1 aromatic rings. The zero-order valence-corrected chi connectivity index (χ0v) is 13.0. The third kappa shape index (κ3) is 4.56. The molecule has 0 bridgehead atoms. The highest BCUT2D eigenvalue weighted by Gasteiger charge is 2.20. The SMILES string of the molecule is Cc1cccc(C(=O)N(CCC(N)=S)CC(C)C)c1F. The Morgan fingerprint density at radius 3 is 2.65 bits per heavy atom. The minimum atomic E-state index is -0.457. The second-order valence-electron chi connectivity index (χ2n) is 5.30. The number of rotatable bonds is 6. The van der Waals surface area contributed by atoms with E-state index in [9.17, 15) is 9.18 Å². The summed E-state index contributed by atoms with van der Waals surface area (Å²) in [7, 11) is 0. The van der Waals surface area contributed by atoms with E-state index in [0.29, 0.717) is 30.1 Å². The normalized spacial score (nSPS) is 10.7. The predicted molar refractivity (Wildman–Crippen MR) is 83.3 cm³/mol. The monoisotopic (exact) mass is 296 g/mol. The van der Waals surface area contributed by atoms with Gasteiger partial charge < -0.3 is 10.6 Å². The summed E-state index contributed by atoms with van der Waals surface area (Å²) in [5.41, 5.74) is 6.06. The molecule has 0 aliphatic rings. The van der Waals surface area contributed by atoms with Gasteiger partial charge in [0.05, 0.1) is 10.6 Å². The summed E-state index contributed by atoms with van der Waals surface area (Å²) in [6.45, 7) is 6.63. The van der Waals surface area contributed by atoms with Crippen LogP contribution in [-0.4, -0.2) is 28.9 Å². The van der Waals surface area contributed by atoms with Crippen LogP contribution < -0.4 is 5.73 Å². The average molecular weight is 296 g/mol. The van der Waals surface area contributed by atoms with Crippen LogP contribution >= 0.6 is 12.2 Å². The maximum Gasteiger partial charge on any atom is 0.256 e. The molecule has 1 aromatic carbocycles.